The van der Waals surface area contributed by atoms with Crippen LogP contribution in [0.2, 0.25) is 0 Å². The summed E-state index contributed by atoms with van der Waals surface area (Å²) in [7, 11) is 4.05. The molecule has 0 amide bonds. The van der Waals surface area contributed by atoms with Crippen LogP contribution in [-0.4, -0.2) is 69.7 Å². The monoisotopic (exact) mass is 474 g/mol. The maximum atomic E-state index is 14.4. The minimum atomic E-state index is -0.500. The first-order valence-corrected chi connectivity index (χ1v) is 11.6. The average Bonchev–Trinajstić information content (AvgIpc) is 3.23. The number of benzene rings is 2. The Kier molecular flexibility index (Phi) is 6.36. The van der Waals surface area contributed by atoms with E-state index in [1.165, 1.54) is 24.0 Å². The fourth-order valence-corrected chi connectivity index (χ4v) is 4.85. The highest BCUT2D eigenvalue weighted by molar-refractivity contribution is 6.21. The van der Waals surface area contributed by atoms with Crippen LogP contribution >= 0.6 is 0 Å². The van der Waals surface area contributed by atoms with Gasteiger partial charge in [0.2, 0.25) is 0 Å². The van der Waals surface area contributed by atoms with Gasteiger partial charge in [0.15, 0.2) is 5.78 Å². The van der Waals surface area contributed by atoms with Gasteiger partial charge in [-0.25, -0.2) is 14.1 Å². The van der Waals surface area contributed by atoms with E-state index >= 15 is 0 Å². The lowest BCUT2D eigenvalue weighted by Gasteiger charge is -2.27. The molecular formula is C26H27FN6O2. The summed E-state index contributed by atoms with van der Waals surface area (Å²) in [4.78, 5) is 28.7. The van der Waals surface area contributed by atoms with E-state index in [1.54, 1.807) is 10.9 Å². The summed E-state index contributed by atoms with van der Waals surface area (Å²) in [5, 5.41) is 13.8. The van der Waals surface area contributed by atoms with Crippen LogP contribution < -0.4 is 0 Å². The molecule has 2 aliphatic heterocycles. The van der Waals surface area contributed by atoms with E-state index in [0.717, 1.165) is 12.1 Å². The quantitative estimate of drug-likeness (QED) is 0.568. The lowest BCUT2D eigenvalue weighted by molar-refractivity contribution is 0.0999. The van der Waals surface area contributed by atoms with Gasteiger partial charge in [-0.3, -0.25) is 14.8 Å². The summed E-state index contributed by atoms with van der Waals surface area (Å²) in [6.07, 6.45) is 3.82. The molecule has 1 aromatic heterocycles. The van der Waals surface area contributed by atoms with Crippen LogP contribution in [0.15, 0.2) is 52.7 Å². The van der Waals surface area contributed by atoms with Gasteiger partial charge in [0.1, 0.15) is 24.5 Å². The van der Waals surface area contributed by atoms with Gasteiger partial charge in [-0.05, 0) is 37.7 Å². The van der Waals surface area contributed by atoms with Crippen molar-refractivity contribution in [2.24, 2.45) is 9.98 Å². The van der Waals surface area contributed by atoms with Gasteiger partial charge in [0.05, 0.1) is 17.3 Å². The number of rotatable bonds is 7. The molecule has 0 saturated carbocycles. The molecule has 2 atom stereocenters. The minimum Gasteiger partial charge on any atom is -0.396 e. The number of aromatic nitrogens is 3. The molecule has 5 rings (SSSR count). The Morgan fingerprint density at radius 1 is 1.20 bits per heavy atom. The fraction of sp³-hybridized carbons (Fsp3) is 0.346. The molecule has 0 aliphatic carbocycles. The maximum Gasteiger partial charge on any atom is 0.185 e. The van der Waals surface area contributed by atoms with Gasteiger partial charge in [-0.15, -0.1) is 0 Å². The van der Waals surface area contributed by atoms with Crippen molar-refractivity contribution in [2.45, 2.75) is 31.3 Å². The standard InChI is InChI=1S/C26H27FN6O2/c1-32(2)14-16-4-6-17(7-5-16)20-12-28-21-11-18(27)10-19-22(35)13-29-25(23(19)21)24(20)26-30-15-31-33(26)8-3-9-34/h4-7,10-12,15,20,24,34H,3,8-9,13-14H2,1-2H3. The lowest BCUT2D eigenvalue weighted by Crippen LogP contribution is -2.30. The van der Waals surface area contributed by atoms with Gasteiger partial charge < -0.3 is 10.0 Å². The van der Waals surface area contributed by atoms with Gasteiger partial charge in [0.25, 0.3) is 0 Å². The van der Waals surface area contributed by atoms with Gasteiger partial charge in [0, 0.05) is 49.0 Å². The number of aliphatic imine (C=N–C) groups is 2. The van der Waals surface area contributed by atoms with E-state index in [-0.39, 0.29) is 24.9 Å². The second-order valence-electron chi connectivity index (χ2n) is 9.15. The second-order valence-corrected chi connectivity index (χ2v) is 9.15. The Labute approximate surface area is 202 Å². The Hall–Kier alpha value is -3.56. The molecule has 3 heterocycles. The van der Waals surface area contributed by atoms with Crippen LogP contribution in [0.4, 0.5) is 10.1 Å². The summed E-state index contributed by atoms with van der Waals surface area (Å²) in [5.74, 6) is -0.719. The highest BCUT2D eigenvalue weighted by Gasteiger charge is 2.39. The first kappa shape index (κ1) is 23.2. The zero-order valence-corrected chi connectivity index (χ0v) is 19.7. The molecule has 0 bridgehead atoms. The number of halogens is 1. The van der Waals surface area contributed by atoms with E-state index in [2.05, 4.69) is 44.2 Å². The van der Waals surface area contributed by atoms with Crippen molar-refractivity contribution in [1.29, 1.82) is 0 Å². The summed E-state index contributed by atoms with van der Waals surface area (Å²) in [6.45, 7) is 1.29. The molecular weight excluding hydrogens is 447 g/mol. The molecule has 0 spiro atoms. The summed E-state index contributed by atoms with van der Waals surface area (Å²) < 4.78 is 16.2. The molecule has 0 saturated heterocycles. The number of aliphatic hydroxyl groups is 1. The van der Waals surface area contributed by atoms with E-state index in [9.17, 15) is 14.3 Å². The number of carbonyl (C=O) groups is 1. The van der Waals surface area contributed by atoms with Crippen molar-refractivity contribution < 1.29 is 14.3 Å². The predicted molar refractivity (Wildman–Crippen MR) is 131 cm³/mol. The smallest absolute Gasteiger partial charge is 0.185 e. The van der Waals surface area contributed by atoms with Crippen LogP contribution in [0.25, 0.3) is 0 Å². The Bertz CT molecular complexity index is 1310. The number of ketones is 1. The Balaban J connectivity index is 1.67. The molecule has 35 heavy (non-hydrogen) atoms. The number of hydrogen-bond donors (Lipinski definition) is 1. The molecule has 3 aromatic rings. The summed E-state index contributed by atoms with van der Waals surface area (Å²) in [5.41, 5.74) is 4.10. The summed E-state index contributed by atoms with van der Waals surface area (Å²) in [6, 6.07) is 10.9. The van der Waals surface area contributed by atoms with E-state index < -0.39 is 11.7 Å². The van der Waals surface area contributed by atoms with Crippen molar-refractivity contribution >= 4 is 23.4 Å². The zero-order valence-electron chi connectivity index (χ0n) is 19.7. The third-order valence-corrected chi connectivity index (χ3v) is 6.37. The van der Waals surface area contributed by atoms with E-state index in [0.29, 0.717) is 41.3 Å². The molecule has 180 valence electrons. The molecule has 9 heteroatoms. The molecule has 1 N–H and O–H groups in total. The van der Waals surface area contributed by atoms with Crippen LogP contribution in [0, 0.1) is 5.82 Å². The van der Waals surface area contributed by atoms with Gasteiger partial charge in [-0.1, -0.05) is 24.3 Å². The normalized spacial score (nSPS) is 19.0. The largest absolute Gasteiger partial charge is 0.396 e. The first-order valence-electron chi connectivity index (χ1n) is 11.6. The molecule has 2 aliphatic rings. The van der Waals surface area contributed by atoms with Crippen LogP contribution in [-0.2, 0) is 13.1 Å². The number of aryl methyl sites for hydroxylation is 1. The van der Waals surface area contributed by atoms with Crippen molar-refractivity contribution in [3.05, 3.63) is 76.6 Å². The van der Waals surface area contributed by atoms with Crippen LogP contribution in [0.1, 0.15) is 51.1 Å². The molecule has 0 radical (unpaired) electrons. The number of hydrogen-bond acceptors (Lipinski definition) is 7. The highest BCUT2D eigenvalue weighted by atomic mass is 19.1. The number of aliphatic hydroxyl groups excluding tert-OH is 1. The number of nitrogens with zero attached hydrogens (tertiary/aromatic N) is 6. The lowest BCUT2D eigenvalue weighted by atomic mass is 9.78. The molecule has 2 unspecified atom stereocenters. The number of carbonyl (C=O) groups excluding carboxylic acids is 1. The number of Topliss-reactive ketones (excluding diaryl/α,β-unsaturated/α-hetero) is 1. The molecule has 2 aromatic carbocycles. The maximum absolute atomic E-state index is 14.4. The van der Waals surface area contributed by atoms with Crippen molar-refractivity contribution in [3.8, 4) is 0 Å². The van der Waals surface area contributed by atoms with Crippen LogP contribution in [0.5, 0.6) is 0 Å². The third kappa shape index (κ3) is 4.44. The van der Waals surface area contributed by atoms with E-state index in [4.69, 9.17) is 4.99 Å². The predicted octanol–water partition coefficient (Wildman–Crippen LogP) is 3.13. The zero-order chi connectivity index (χ0) is 24.5. The minimum absolute atomic E-state index is 0.0316. The SMILES string of the molecule is CN(C)Cc1ccc(C2C=Nc3cc(F)cc4c3C(=NCC4=O)C2c2ncnn2CCCO)cc1. The van der Waals surface area contributed by atoms with E-state index in [1.807, 2.05) is 14.1 Å². The third-order valence-electron chi connectivity index (χ3n) is 6.37. The topological polar surface area (TPSA) is 96.0 Å². The van der Waals surface area contributed by atoms with Crippen LogP contribution in [0.3, 0.4) is 0 Å². The van der Waals surface area contributed by atoms with Crippen molar-refractivity contribution in [1.82, 2.24) is 19.7 Å². The second kappa shape index (κ2) is 9.59. The van der Waals surface area contributed by atoms with Crippen molar-refractivity contribution in [3.63, 3.8) is 0 Å². The van der Waals surface area contributed by atoms with Gasteiger partial charge >= 0.3 is 0 Å². The Morgan fingerprint density at radius 2 is 2.00 bits per heavy atom. The fourth-order valence-electron chi connectivity index (χ4n) is 4.85. The van der Waals surface area contributed by atoms with Crippen molar-refractivity contribution in [2.75, 3.05) is 27.2 Å². The molecule has 0 fully saturated rings. The molecule has 8 nitrogen and oxygen atoms in total. The summed E-state index contributed by atoms with van der Waals surface area (Å²) >= 11 is 0. The average molecular weight is 475 g/mol. The Morgan fingerprint density at radius 3 is 2.74 bits per heavy atom. The highest BCUT2D eigenvalue weighted by Crippen LogP contribution is 2.42. The van der Waals surface area contributed by atoms with Gasteiger partial charge in [-0.2, -0.15) is 5.10 Å². The first-order chi connectivity index (χ1) is 17.0.